The Morgan fingerprint density at radius 1 is 1.41 bits per heavy atom. The smallest absolute Gasteiger partial charge is 0.397 e. The summed E-state index contributed by atoms with van der Waals surface area (Å²) in [5, 5.41) is 17.2. The van der Waals surface area contributed by atoms with Crippen LogP contribution in [0.5, 0.6) is 5.88 Å². The number of nitrogens with two attached hydrogens (primary N) is 1. The molecule has 0 aromatic carbocycles. The van der Waals surface area contributed by atoms with E-state index in [0.29, 0.717) is 0 Å². The first-order valence-corrected chi connectivity index (χ1v) is 4.19. The van der Waals surface area contributed by atoms with Crippen LogP contribution in [0.3, 0.4) is 0 Å². The molecule has 88 valence electrons. The number of nitrogens with zero attached hydrogens (tertiary/aromatic N) is 3. The standard InChI is InChI=1S/C9H5F3N4O/c10-9(11,12)17-8-6(3-14)5(1-2-13)7(15)4-16-8/h4H,1,15H2. The van der Waals surface area contributed by atoms with Crippen molar-refractivity contribution in [3.8, 4) is 18.0 Å². The van der Waals surface area contributed by atoms with Crippen LogP contribution in [-0.2, 0) is 6.42 Å². The Bertz CT molecular complexity index is 513. The highest BCUT2D eigenvalue weighted by Gasteiger charge is 2.33. The zero-order chi connectivity index (χ0) is 13.1. The number of rotatable bonds is 2. The summed E-state index contributed by atoms with van der Waals surface area (Å²) in [6.07, 6.45) is -4.35. The molecule has 1 rings (SSSR count). The predicted octanol–water partition coefficient (Wildman–Crippen LogP) is 1.50. The van der Waals surface area contributed by atoms with Gasteiger partial charge in [0.15, 0.2) is 0 Å². The van der Waals surface area contributed by atoms with Gasteiger partial charge < -0.3 is 10.5 Å². The van der Waals surface area contributed by atoms with E-state index in [9.17, 15) is 13.2 Å². The van der Waals surface area contributed by atoms with E-state index in [0.717, 1.165) is 6.20 Å². The first-order chi connectivity index (χ1) is 7.89. The number of pyridine rings is 1. The van der Waals surface area contributed by atoms with Crippen molar-refractivity contribution in [2.75, 3.05) is 5.73 Å². The van der Waals surface area contributed by atoms with Gasteiger partial charge in [0.1, 0.15) is 11.6 Å². The number of nitrogen functional groups attached to an aromatic ring is 1. The van der Waals surface area contributed by atoms with Crippen LogP contribution in [0.15, 0.2) is 6.20 Å². The van der Waals surface area contributed by atoms with E-state index >= 15 is 0 Å². The number of alkyl halides is 3. The molecule has 0 saturated carbocycles. The number of hydrogen-bond donors (Lipinski definition) is 1. The molecule has 8 heteroatoms. The molecule has 1 aromatic heterocycles. The highest BCUT2D eigenvalue weighted by atomic mass is 19.4. The first-order valence-electron chi connectivity index (χ1n) is 4.19. The number of nitriles is 2. The molecule has 0 spiro atoms. The van der Waals surface area contributed by atoms with Gasteiger partial charge in [-0.25, -0.2) is 4.98 Å². The van der Waals surface area contributed by atoms with Gasteiger partial charge in [0.05, 0.1) is 24.4 Å². The molecule has 0 radical (unpaired) electrons. The van der Waals surface area contributed by atoms with Crippen molar-refractivity contribution < 1.29 is 17.9 Å². The van der Waals surface area contributed by atoms with Crippen LogP contribution in [0.2, 0.25) is 0 Å². The maximum atomic E-state index is 12.0. The minimum absolute atomic E-state index is 0.0238. The third kappa shape index (κ3) is 2.98. The Kier molecular flexibility index (Phi) is 3.39. The normalized spacial score (nSPS) is 10.4. The molecule has 0 amide bonds. The van der Waals surface area contributed by atoms with Gasteiger partial charge in [-0.15, -0.1) is 13.2 Å². The third-order valence-electron chi connectivity index (χ3n) is 1.77. The van der Waals surface area contributed by atoms with E-state index in [4.69, 9.17) is 16.3 Å². The molecule has 0 bridgehead atoms. The lowest BCUT2D eigenvalue weighted by molar-refractivity contribution is -0.276. The second kappa shape index (κ2) is 4.58. The minimum Gasteiger partial charge on any atom is -0.397 e. The Labute approximate surface area is 93.8 Å². The molecule has 0 saturated heterocycles. The topological polar surface area (TPSA) is 95.7 Å². The van der Waals surface area contributed by atoms with Gasteiger partial charge in [-0.1, -0.05) is 0 Å². The number of anilines is 1. The first kappa shape index (κ1) is 12.6. The third-order valence-corrected chi connectivity index (χ3v) is 1.77. The van der Waals surface area contributed by atoms with Gasteiger partial charge in [-0.05, 0) is 0 Å². The molecule has 5 nitrogen and oxygen atoms in total. The largest absolute Gasteiger partial charge is 0.574 e. The summed E-state index contributed by atoms with van der Waals surface area (Å²) >= 11 is 0. The maximum Gasteiger partial charge on any atom is 0.574 e. The second-order valence-corrected chi connectivity index (χ2v) is 2.87. The molecular formula is C9H5F3N4O. The van der Waals surface area contributed by atoms with Crippen molar-refractivity contribution in [2.24, 2.45) is 0 Å². The van der Waals surface area contributed by atoms with Gasteiger partial charge in [0.2, 0.25) is 5.88 Å². The van der Waals surface area contributed by atoms with Crippen molar-refractivity contribution >= 4 is 5.69 Å². The molecule has 17 heavy (non-hydrogen) atoms. The van der Waals surface area contributed by atoms with Gasteiger partial charge in [-0.2, -0.15) is 10.5 Å². The fraction of sp³-hybridized carbons (Fsp3) is 0.222. The molecule has 0 atom stereocenters. The van der Waals surface area contributed by atoms with Crippen LogP contribution in [0.25, 0.3) is 0 Å². The van der Waals surface area contributed by atoms with Crippen LogP contribution in [0.1, 0.15) is 11.1 Å². The number of ether oxygens (including phenoxy) is 1. The Hall–Kier alpha value is -2.48. The van der Waals surface area contributed by atoms with E-state index in [1.165, 1.54) is 6.07 Å². The predicted molar refractivity (Wildman–Crippen MR) is 49.4 cm³/mol. The average molecular weight is 242 g/mol. The summed E-state index contributed by atoms with van der Waals surface area (Å²) in [6, 6.07) is 3.19. The number of halogens is 3. The van der Waals surface area contributed by atoms with E-state index in [1.54, 1.807) is 6.07 Å². The van der Waals surface area contributed by atoms with E-state index in [-0.39, 0.29) is 17.7 Å². The summed E-state index contributed by atoms with van der Waals surface area (Å²) in [5.74, 6) is -0.903. The quantitative estimate of drug-likeness (QED) is 0.847. The lowest BCUT2D eigenvalue weighted by atomic mass is 10.1. The van der Waals surface area contributed by atoms with Gasteiger partial charge in [0.25, 0.3) is 0 Å². The molecule has 1 aromatic rings. The molecule has 0 aliphatic carbocycles. The molecule has 0 aliphatic rings. The summed E-state index contributed by atoms with van der Waals surface area (Å²) in [4.78, 5) is 3.28. The van der Waals surface area contributed by atoms with Crippen LogP contribution in [0, 0.1) is 22.7 Å². The zero-order valence-electron chi connectivity index (χ0n) is 8.25. The van der Waals surface area contributed by atoms with Crippen molar-refractivity contribution in [1.82, 2.24) is 4.98 Å². The van der Waals surface area contributed by atoms with Crippen molar-refractivity contribution in [1.29, 1.82) is 10.5 Å². The molecular weight excluding hydrogens is 237 g/mol. The van der Waals surface area contributed by atoms with Crippen LogP contribution in [0.4, 0.5) is 18.9 Å². The molecule has 0 aliphatic heterocycles. The maximum absolute atomic E-state index is 12.0. The van der Waals surface area contributed by atoms with Crippen LogP contribution >= 0.6 is 0 Å². The monoisotopic (exact) mass is 242 g/mol. The summed E-state index contributed by atoms with van der Waals surface area (Å²) in [6.45, 7) is 0. The average Bonchev–Trinajstić information content (AvgIpc) is 2.21. The van der Waals surface area contributed by atoms with Crippen molar-refractivity contribution in [3.05, 3.63) is 17.3 Å². The highest BCUT2D eigenvalue weighted by Crippen LogP contribution is 2.28. The summed E-state index contributed by atoms with van der Waals surface area (Å²) in [5.41, 5.74) is 4.88. The van der Waals surface area contributed by atoms with E-state index in [2.05, 4.69) is 9.72 Å². The van der Waals surface area contributed by atoms with Crippen LogP contribution < -0.4 is 10.5 Å². The number of hydrogen-bond acceptors (Lipinski definition) is 5. The van der Waals surface area contributed by atoms with Crippen LogP contribution in [-0.4, -0.2) is 11.3 Å². The van der Waals surface area contributed by atoms with Gasteiger partial charge in [0, 0.05) is 5.56 Å². The fourth-order valence-corrected chi connectivity index (χ4v) is 1.12. The Morgan fingerprint density at radius 3 is 2.53 bits per heavy atom. The van der Waals surface area contributed by atoms with Gasteiger partial charge >= 0.3 is 6.36 Å². The second-order valence-electron chi connectivity index (χ2n) is 2.87. The fourth-order valence-electron chi connectivity index (χ4n) is 1.12. The lowest BCUT2D eigenvalue weighted by Gasteiger charge is -2.11. The zero-order valence-corrected chi connectivity index (χ0v) is 8.25. The van der Waals surface area contributed by atoms with E-state index in [1.807, 2.05) is 0 Å². The van der Waals surface area contributed by atoms with Gasteiger partial charge in [-0.3, -0.25) is 0 Å². The highest BCUT2D eigenvalue weighted by molar-refractivity contribution is 5.58. The summed E-state index contributed by atoms with van der Waals surface area (Å²) < 4.78 is 39.6. The molecule has 1 heterocycles. The van der Waals surface area contributed by atoms with Crippen molar-refractivity contribution in [3.63, 3.8) is 0 Å². The molecule has 2 N–H and O–H groups in total. The number of aromatic nitrogens is 1. The molecule has 0 fully saturated rings. The Morgan fingerprint density at radius 2 is 2.06 bits per heavy atom. The molecule has 0 unspecified atom stereocenters. The summed E-state index contributed by atoms with van der Waals surface area (Å²) in [7, 11) is 0. The SMILES string of the molecule is N#CCc1c(N)cnc(OC(F)(F)F)c1C#N. The van der Waals surface area contributed by atoms with E-state index < -0.39 is 17.8 Å². The van der Waals surface area contributed by atoms with Crippen molar-refractivity contribution in [2.45, 2.75) is 12.8 Å². The lowest BCUT2D eigenvalue weighted by Crippen LogP contribution is -2.19. The minimum atomic E-state index is -4.96. The Balaban J connectivity index is 3.30.